The Kier molecular flexibility index (Phi) is 4.55. The van der Waals surface area contributed by atoms with Crippen LogP contribution in [0.25, 0.3) is 16.6 Å². The number of nitrogens with zero attached hydrogens (tertiary/aromatic N) is 5. The zero-order valence-electron chi connectivity index (χ0n) is 16.0. The van der Waals surface area contributed by atoms with Crippen molar-refractivity contribution >= 4 is 34.2 Å². The number of fused-ring (bicyclic) bond motifs is 3. The third-order valence-electron chi connectivity index (χ3n) is 5.34. The molecule has 28 heavy (non-hydrogen) atoms. The standard InChI is InChI=1S/C21H23N5OS/c1-14-22-20-17-9-5-6-10-18(17)23-21(26(20)24-14)28-13-19(27)25(16-11-12-16)15-7-3-2-4-8-15/h5-7,9-10,16H,2-4,8,11-13H2,1H3. The Labute approximate surface area is 168 Å². The molecule has 6 nitrogen and oxygen atoms in total. The molecule has 1 fully saturated rings. The third kappa shape index (κ3) is 3.28. The van der Waals surface area contributed by atoms with Crippen LogP contribution in [0.1, 0.15) is 44.3 Å². The lowest BCUT2D eigenvalue weighted by Crippen LogP contribution is -2.34. The normalized spacial score (nSPS) is 17.1. The number of thioether (sulfide) groups is 1. The van der Waals surface area contributed by atoms with Crippen LogP contribution in [0, 0.1) is 6.92 Å². The van der Waals surface area contributed by atoms with Crippen LogP contribution in [-0.4, -0.2) is 42.2 Å². The summed E-state index contributed by atoms with van der Waals surface area (Å²) < 4.78 is 1.77. The molecule has 1 amide bonds. The van der Waals surface area contributed by atoms with Gasteiger partial charge in [0.05, 0.1) is 11.3 Å². The quantitative estimate of drug-likeness (QED) is 0.482. The van der Waals surface area contributed by atoms with Gasteiger partial charge < -0.3 is 4.90 Å². The number of rotatable bonds is 5. The van der Waals surface area contributed by atoms with Gasteiger partial charge in [-0.25, -0.2) is 9.97 Å². The molecule has 0 bridgehead atoms. The summed E-state index contributed by atoms with van der Waals surface area (Å²) in [6, 6.07) is 8.34. The minimum absolute atomic E-state index is 0.181. The zero-order chi connectivity index (χ0) is 19.1. The number of amides is 1. The van der Waals surface area contributed by atoms with Crippen molar-refractivity contribution < 1.29 is 4.79 Å². The fraction of sp³-hybridized carbons (Fsp3) is 0.429. The van der Waals surface area contributed by atoms with Gasteiger partial charge in [-0.2, -0.15) is 4.52 Å². The van der Waals surface area contributed by atoms with Gasteiger partial charge in [0, 0.05) is 17.1 Å². The zero-order valence-corrected chi connectivity index (χ0v) is 16.8. The maximum Gasteiger partial charge on any atom is 0.237 e. The maximum atomic E-state index is 13.1. The summed E-state index contributed by atoms with van der Waals surface area (Å²) in [7, 11) is 0. The Morgan fingerprint density at radius 2 is 2.11 bits per heavy atom. The molecule has 7 heteroatoms. The predicted octanol–water partition coefficient (Wildman–Crippen LogP) is 4.13. The molecule has 0 radical (unpaired) electrons. The van der Waals surface area contributed by atoms with Crippen LogP contribution in [0.3, 0.4) is 0 Å². The van der Waals surface area contributed by atoms with E-state index < -0.39 is 0 Å². The molecule has 5 rings (SSSR count). The van der Waals surface area contributed by atoms with Crippen LogP contribution in [0.5, 0.6) is 0 Å². The number of carbonyl (C=O) groups is 1. The van der Waals surface area contributed by atoms with Gasteiger partial charge in [-0.05, 0) is 57.6 Å². The number of carbonyl (C=O) groups excluding carboxylic acids is 1. The average Bonchev–Trinajstić information content (AvgIpc) is 3.46. The SMILES string of the molecule is Cc1nc2c3ccccc3nc(SCC(=O)N(C3=CCCCC3)C3CC3)n2n1. The fourth-order valence-electron chi connectivity index (χ4n) is 3.89. The lowest BCUT2D eigenvalue weighted by molar-refractivity contribution is -0.127. The monoisotopic (exact) mass is 393 g/mol. The maximum absolute atomic E-state index is 13.1. The molecule has 2 aromatic heterocycles. The Morgan fingerprint density at radius 3 is 2.89 bits per heavy atom. The van der Waals surface area contributed by atoms with E-state index in [1.54, 1.807) is 4.52 Å². The van der Waals surface area contributed by atoms with Crippen molar-refractivity contribution in [2.75, 3.05) is 5.75 Å². The van der Waals surface area contributed by atoms with Crippen LogP contribution in [0.2, 0.25) is 0 Å². The van der Waals surface area contributed by atoms with Crippen LogP contribution in [0.4, 0.5) is 0 Å². The summed E-state index contributed by atoms with van der Waals surface area (Å²) in [5, 5.41) is 6.21. The van der Waals surface area contributed by atoms with E-state index in [4.69, 9.17) is 4.98 Å². The molecule has 2 heterocycles. The highest BCUT2D eigenvalue weighted by atomic mass is 32.2. The van der Waals surface area contributed by atoms with Gasteiger partial charge >= 0.3 is 0 Å². The van der Waals surface area contributed by atoms with E-state index in [0.29, 0.717) is 17.6 Å². The highest BCUT2D eigenvalue weighted by Crippen LogP contribution is 2.34. The van der Waals surface area contributed by atoms with Crippen LogP contribution in [0.15, 0.2) is 41.2 Å². The van der Waals surface area contributed by atoms with E-state index in [1.165, 1.54) is 30.3 Å². The minimum Gasteiger partial charge on any atom is -0.313 e. The van der Waals surface area contributed by atoms with E-state index >= 15 is 0 Å². The summed E-state index contributed by atoms with van der Waals surface area (Å²) in [6.45, 7) is 1.88. The molecule has 144 valence electrons. The lowest BCUT2D eigenvalue weighted by Gasteiger charge is -2.27. The van der Waals surface area contributed by atoms with E-state index in [9.17, 15) is 4.79 Å². The van der Waals surface area contributed by atoms with Crippen molar-refractivity contribution in [3.8, 4) is 0 Å². The summed E-state index contributed by atoms with van der Waals surface area (Å²) >= 11 is 1.45. The second-order valence-electron chi connectivity index (χ2n) is 7.53. The largest absolute Gasteiger partial charge is 0.313 e. The van der Waals surface area contributed by atoms with Gasteiger partial charge in [-0.3, -0.25) is 4.79 Å². The molecule has 0 N–H and O–H groups in total. The molecule has 1 saturated carbocycles. The van der Waals surface area contributed by atoms with Crippen molar-refractivity contribution in [1.82, 2.24) is 24.5 Å². The van der Waals surface area contributed by atoms with Crippen LogP contribution >= 0.6 is 11.8 Å². The highest BCUT2D eigenvalue weighted by Gasteiger charge is 2.35. The van der Waals surface area contributed by atoms with Crippen LogP contribution < -0.4 is 0 Å². The Morgan fingerprint density at radius 1 is 1.25 bits per heavy atom. The summed E-state index contributed by atoms with van der Waals surface area (Å²) in [6.07, 6.45) is 9.02. The molecular weight excluding hydrogens is 370 g/mol. The molecule has 0 spiro atoms. The number of aromatic nitrogens is 4. The molecule has 2 aliphatic rings. The van der Waals surface area contributed by atoms with E-state index in [0.717, 1.165) is 47.4 Å². The number of para-hydroxylation sites is 1. The van der Waals surface area contributed by atoms with Gasteiger partial charge in [0.15, 0.2) is 10.8 Å². The fourth-order valence-corrected chi connectivity index (χ4v) is 4.70. The average molecular weight is 394 g/mol. The molecular formula is C21H23N5OS. The first-order valence-corrected chi connectivity index (χ1v) is 11.0. The Hall–Kier alpha value is -2.41. The summed E-state index contributed by atoms with van der Waals surface area (Å²) in [5.41, 5.74) is 2.91. The molecule has 0 atom stereocenters. The number of aryl methyl sites for hydroxylation is 1. The molecule has 1 aromatic carbocycles. The van der Waals surface area contributed by atoms with Gasteiger partial charge in [-0.1, -0.05) is 30.0 Å². The summed E-state index contributed by atoms with van der Waals surface area (Å²) in [5.74, 6) is 1.26. The van der Waals surface area contributed by atoms with E-state index in [2.05, 4.69) is 21.1 Å². The van der Waals surface area contributed by atoms with Gasteiger partial charge in [0.1, 0.15) is 5.82 Å². The van der Waals surface area contributed by atoms with Gasteiger partial charge in [0.2, 0.25) is 5.91 Å². The van der Waals surface area contributed by atoms with Gasteiger partial charge in [-0.15, -0.1) is 5.10 Å². The molecule has 0 saturated heterocycles. The predicted molar refractivity (Wildman–Crippen MR) is 110 cm³/mol. The first kappa shape index (κ1) is 17.7. The van der Waals surface area contributed by atoms with Crippen molar-refractivity contribution in [2.45, 2.75) is 56.6 Å². The molecule has 0 unspecified atom stereocenters. The lowest BCUT2D eigenvalue weighted by atomic mass is 10.0. The third-order valence-corrected chi connectivity index (χ3v) is 6.25. The van der Waals surface area contributed by atoms with E-state index in [-0.39, 0.29) is 5.91 Å². The minimum atomic E-state index is 0.181. The highest BCUT2D eigenvalue weighted by molar-refractivity contribution is 7.99. The Bertz CT molecular complexity index is 1090. The number of hydrogen-bond acceptors (Lipinski definition) is 5. The van der Waals surface area contributed by atoms with Gasteiger partial charge in [0.25, 0.3) is 0 Å². The number of allylic oxidation sites excluding steroid dienone is 2. The van der Waals surface area contributed by atoms with Crippen molar-refractivity contribution in [3.63, 3.8) is 0 Å². The van der Waals surface area contributed by atoms with E-state index in [1.807, 2.05) is 31.2 Å². The van der Waals surface area contributed by atoms with Crippen LogP contribution in [-0.2, 0) is 4.79 Å². The molecule has 2 aliphatic carbocycles. The van der Waals surface area contributed by atoms with Crippen molar-refractivity contribution in [3.05, 3.63) is 41.9 Å². The smallest absolute Gasteiger partial charge is 0.237 e. The summed E-state index contributed by atoms with van der Waals surface area (Å²) in [4.78, 5) is 24.5. The van der Waals surface area contributed by atoms with Crippen molar-refractivity contribution in [2.24, 2.45) is 0 Å². The first-order chi connectivity index (χ1) is 13.7. The molecule has 3 aromatic rings. The molecule has 0 aliphatic heterocycles. The second-order valence-corrected chi connectivity index (χ2v) is 8.47. The number of hydrogen-bond donors (Lipinski definition) is 0. The second kappa shape index (κ2) is 7.20. The first-order valence-electron chi connectivity index (χ1n) is 9.97. The topological polar surface area (TPSA) is 63.4 Å². The van der Waals surface area contributed by atoms with Crippen molar-refractivity contribution in [1.29, 1.82) is 0 Å². The number of benzene rings is 1. The Balaban J connectivity index is 1.43.